The van der Waals surface area contributed by atoms with Gasteiger partial charge in [0.2, 0.25) is 0 Å². The van der Waals surface area contributed by atoms with Crippen molar-refractivity contribution in [2.24, 2.45) is 0 Å². The first-order valence-electron chi connectivity index (χ1n) is 8.09. The third-order valence-corrected chi connectivity index (χ3v) is 4.28. The summed E-state index contributed by atoms with van der Waals surface area (Å²) in [5.41, 5.74) is 2.60. The summed E-state index contributed by atoms with van der Waals surface area (Å²) in [4.78, 5) is 18.3. The monoisotopic (exact) mass is 310 g/mol. The molecule has 0 spiro atoms. The number of pyridine rings is 1. The Kier molecular flexibility index (Phi) is 4.91. The highest BCUT2D eigenvalue weighted by molar-refractivity contribution is 5.78. The van der Waals surface area contributed by atoms with Gasteiger partial charge < -0.3 is 9.64 Å². The highest BCUT2D eigenvalue weighted by atomic mass is 16.5. The first kappa shape index (κ1) is 15.5. The van der Waals surface area contributed by atoms with Crippen molar-refractivity contribution in [2.45, 2.75) is 25.7 Å². The fourth-order valence-corrected chi connectivity index (χ4v) is 3.07. The second-order valence-electron chi connectivity index (χ2n) is 6.07. The van der Waals surface area contributed by atoms with Gasteiger partial charge in [0.15, 0.2) is 6.61 Å². The lowest BCUT2D eigenvalue weighted by Gasteiger charge is -2.33. The minimum Gasteiger partial charge on any atom is -0.482 e. The first-order valence-corrected chi connectivity index (χ1v) is 8.09. The first-order chi connectivity index (χ1) is 11.2. The maximum atomic E-state index is 12.4. The minimum atomic E-state index is 0.0474. The fourth-order valence-electron chi connectivity index (χ4n) is 3.07. The number of rotatable bonds is 4. The number of hydrogen-bond acceptors (Lipinski definition) is 3. The van der Waals surface area contributed by atoms with Crippen molar-refractivity contribution >= 4 is 5.91 Å². The molecule has 3 rings (SSSR count). The van der Waals surface area contributed by atoms with Crippen LogP contribution in [-0.2, 0) is 4.79 Å². The van der Waals surface area contributed by atoms with E-state index in [0.717, 1.165) is 25.9 Å². The number of carbonyl (C=O) groups is 1. The number of amides is 1. The highest BCUT2D eigenvalue weighted by Gasteiger charge is 2.25. The van der Waals surface area contributed by atoms with Crippen molar-refractivity contribution in [3.63, 3.8) is 0 Å². The van der Waals surface area contributed by atoms with Crippen molar-refractivity contribution < 1.29 is 9.53 Å². The van der Waals surface area contributed by atoms with Crippen LogP contribution in [0.3, 0.4) is 0 Å². The molecule has 120 valence electrons. The molecule has 1 saturated heterocycles. The lowest BCUT2D eigenvalue weighted by molar-refractivity contribution is -0.134. The number of hydrogen-bond donors (Lipinski definition) is 0. The molecule has 4 nitrogen and oxygen atoms in total. The van der Waals surface area contributed by atoms with Crippen LogP contribution < -0.4 is 4.74 Å². The minimum absolute atomic E-state index is 0.0474. The predicted molar refractivity (Wildman–Crippen MR) is 89.5 cm³/mol. The van der Waals surface area contributed by atoms with Crippen LogP contribution in [0, 0.1) is 6.92 Å². The van der Waals surface area contributed by atoms with Gasteiger partial charge in [-0.1, -0.05) is 29.8 Å². The molecule has 1 unspecified atom stereocenters. The summed E-state index contributed by atoms with van der Waals surface area (Å²) in [5.74, 6) is 1.10. The Hall–Kier alpha value is -2.36. The van der Waals surface area contributed by atoms with Crippen LogP contribution in [0.5, 0.6) is 5.75 Å². The third kappa shape index (κ3) is 4.09. The molecule has 0 bridgehead atoms. The molecular formula is C19H22N2O2. The van der Waals surface area contributed by atoms with Gasteiger partial charge in [-0.05, 0) is 37.5 Å². The number of nitrogens with zero attached hydrogens (tertiary/aromatic N) is 2. The highest BCUT2D eigenvalue weighted by Crippen LogP contribution is 2.27. The lowest BCUT2D eigenvalue weighted by atomic mass is 9.90. The molecule has 2 aromatic rings. The number of ether oxygens (including phenoxy) is 1. The Balaban J connectivity index is 1.58. The van der Waals surface area contributed by atoms with E-state index in [-0.39, 0.29) is 12.5 Å². The average molecular weight is 310 g/mol. The normalized spacial score (nSPS) is 17.8. The van der Waals surface area contributed by atoms with Gasteiger partial charge in [0.25, 0.3) is 5.91 Å². The lowest BCUT2D eigenvalue weighted by Crippen LogP contribution is -2.41. The Morgan fingerprint density at radius 2 is 2.26 bits per heavy atom. The second kappa shape index (κ2) is 7.27. The fraction of sp³-hybridized carbons (Fsp3) is 0.368. The Labute approximate surface area is 137 Å². The molecule has 1 amide bonds. The summed E-state index contributed by atoms with van der Waals surface area (Å²) in [6.45, 7) is 3.78. The van der Waals surface area contributed by atoms with Gasteiger partial charge in [-0.3, -0.25) is 9.78 Å². The Morgan fingerprint density at radius 1 is 1.35 bits per heavy atom. The third-order valence-electron chi connectivity index (χ3n) is 4.28. The molecule has 1 aromatic carbocycles. The summed E-state index contributed by atoms with van der Waals surface area (Å²) in [5, 5.41) is 0. The molecule has 0 saturated carbocycles. The number of piperidine rings is 1. The number of aryl methyl sites for hydroxylation is 1. The number of likely N-dealkylation sites (tertiary alicyclic amines) is 1. The SMILES string of the molecule is Cc1cccc(C2CCCN(C(=O)COc3cccnc3)C2)c1. The number of benzene rings is 1. The van der Waals surface area contributed by atoms with Crippen LogP contribution in [0.1, 0.15) is 29.9 Å². The topological polar surface area (TPSA) is 42.4 Å². The Bertz CT molecular complexity index is 657. The van der Waals surface area contributed by atoms with E-state index in [1.165, 1.54) is 11.1 Å². The van der Waals surface area contributed by atoms with E-state index < -0.39 is 0 Å². The number of carbonyl (C=O) groups excluding carboxylic acids is 1. The van der Waals surface area contributed by atoms with E-state index in [1.807, 2.05) is 11.0 Å². The van der Waals surface area contributed by atoms with E-state index in [2.05, 4.69) is 36.2 Å². The molecule has 0 aliphatic carbocycles. The molecular weight excluding hydrogens is 288 g/mol. The second-order valence-corrected chi connectivity index (χ2v) is 6.07. The van der Waals surface area contributed by atoms with Gasteiger partial charge in [0, 0.05) is 25.2 Å². The summed E-state index contributed by atoms with van der Waals surface area (Å²) in [6, 6.07) is 12.2. The zero-order valence-corrected chi connectivity index (χ0v) is 13.4. The van der Waals surface area contributed by atoms with Crippen molar-refractivity contribution in [1.29, 1.82) is 0 Å². The zero-order valence-electron chi connectivity index (χ0n) is 13.4. The molecule has 1 aliphatic rings. The molecule has 0 radical (unpaired) electrons. The predicted octanol–water partition coefficient (Wildman–Crippen LogP) is 3.18. The molecule has 2 heterocycles. The van der Waals surface area contributed by atoms with E-state index >= 15 is 0 Å². The van der Waals surface area contributed by atoms with Crippen molar-refractivity contribution in [1.82, 2.24) is 9.88 Å². The van der Waals surface area contributed by atoms with E-state index in [0.29, 0.717) is 11.7 Å². The van der Waals surface area contributed by atoms with Crippen molar-refractivity contribution in [2.75, 3.05) is 19.7 Å². The smallest absolute Gasteiger partial charge is 0.260 e. The van der Waals surface area contributed by atoms with Gasteiger partial charge in [0.05, 0.1) is 6.20 Å². The quantitative estimate of drug-likeness (QED) is 0.871. The van der Waals surface area contributed by atoms with Gasteiger partial charge in [-0.25, -0.2) is 0 Å². The van der Waals surface area contributed by atoms with Gasteiger partial charge in [-0.15, -0.1) is 0 Å². The van der Waals surface area contributed by atoms with Gasteiger partial charge in [0.1, 0.15) is 5.75 Å². The van der Waals surface area contributed by atoms with Crippen LogP contribution >= 0.6 is 0 Å². The maximum absolute atomic E-state index is 12.4. The van der Waals surface area contributed by atoms with Crippen molar-refractivity contribution in [3.8, 4) is 5.75 Å². The summed E-state index contributed by atoms with van der Waals surface area (Å²) in [6.07, 6.45) is 5.48. The average Bonchev–Trinajstić information content (AvgIpc) is 2.61. The Morgan fingerprint density at radius 3 is 3.04 bits per heavy atom. The number of aromatic nitrogens is 1. The molecule has 1 atom stereocenters. The summed E-state index contributed by atoms with van der Waals surface area (Å²) in [7, 11) is 0. The van der Waals surface area contributed by atoms with Crippen LogP contribution in [0.4, 0.5) is 0 Å². The standard InChI is InChI=1S/C19H22N2O2/c1-15-5-2-6-16(11-15)17-7-4-10-21(13-17)19(22)14-23-18-8-3-9-20-12-18/h2-3,5-6,8-9,11-12,17H,4,7,10,13-14H2,1H3. The van der Waals surface area contributed by atoms with Gasteiger partial charge >= 0.3 is 0 Å². The molecule has 1 aliphatic heterocycles. The molecule has 1 fully saturated rings. The molecule has 0 N–H and O–H groups in total. The van der Waals surface area contributed by atoms with E-state index in [9.17, 15) is 4.79 Å². The summed E-state index contributed by atoms with van der Waals surface area (Å²) >= 11 is 0. The van der Waals surface area contributed by atoms with Crippen LogP contribution in [-0.4, -0.2) is 35.5 Å². The molecule has 4 heteroatoms. The van der Waals surface area contributed by atoms with Crippen LogP contribution in [0.15, 0.2) is 48.8 Å². The molecule has 1 aromatic heterocycles. The van der Waals surface area contributed by atoms with E-state index in [4.69, 9.17) is 4.74 Å². The van der Waals surface area contributed by atoms with Crippen LogP contribution in [0.2, 0.25) is 0 Å². The maximum Gasteiger partial charge on any atom is 0.260 e. The summed E-state index contributed by atoms with van der Waals surface area (Å²) < 4.78 is 5.53. The molecule has 23 heavy (non-hydrogen) atoms. The van der Waals surface area contributed by atoms with Crippen molar-refractivity contribution in [3.05, 3.63) is 59.9 Å². The largest absolute Gasteiger partial charge is 0.482 e. The van der Waals surface area contributed by atoms with Crippen LogP contribution in [0.25, 0.3) is 0 Å². The zero-order chi connectivity index (χ0) is 16.1. The van der Waals surface area contributed by atoms with E-state index in [1.54, 1.807) is 18.5 Å². The van der Waals surface area contributed by atoms with Gasteiger partial charge in [-0.2, -0.15) is 0 Å².